The first-order chi connectivity index (χ1) is 7.40. The molecular weight excluding hydrogens is 208 g/mol. The monoisotopic (exact) mass is 232 g/mol. The zero-order valence-electron chi connectivity index (χ0n) is 10.7. The first-order valence-corrected chi connectivity index (χ1v) is 5.84. The molecule has 0 radical (unpaired) electrons. The van der Waals surface area contributed by atoms with E-state index in [4.69, 9.17) is 4.74 Å². The second kappa shape index (κ2) is 6.86. The van der Waals surface area contributed by atoms with Gasteiger partial charge >= 0.3 is 5.97 Å². The maximum absolute atomic E-state index is 11.2. The Labute approximate surface area is 97.6 Å². The van der Waals surface area contributed by atoms with Gasteiger partial charge in [0, 0.05) is 7.11 Å². The van der Waals surface area contributed by atoms with E-state index in [0.29, 0.717) is 6.42 Å². The molecule has 0 aromatic heterocycles. The van der Waals surface area contributed by atoms with Gasteiger partial charge in [0.15, 0.2) is 0 Å². The zero-order chi connectivity index (χ0) is 12.8. The van der Waals surface area contributed by atoms with Crippen molar-refractivity contribution in [3.63, 3.8) is 0 Å². The first-order valence-electron chi connectivity index (χ1n) is 5.84. The van der Waals surface area contributed by atoms with Crippen molar-refractivity contribution in [3.05, 3.63) is 0 Å². The predicted octanol–water partition coefficient (Wildman–Crippen LogP) is 1.91. The van der Waals surface area contributed by atoms with Crippen molar-refractivity contribution >= 4 is 5.97 Å². The molecule has 0 aliphatic rings. The lowest BCUT2D eigenvalue weighted by Gasteiger charge is -2.36. The number of aliphatic hydroxyl groups is 1. The largest absolute Gasteiger partial charge is 0.481 e. The number of hydrogen-bond donors (Lipinski definition) is 2. The van der Waals surface area contributed by atoms with Crippen LogP contribution in [0.4, 0.5) is 0 Å². The Bertz CT molecular complexity index is 215. The molecule has 2 atom stereocenters. The van der Waals surface area contributed by atoms with Crippen LogP contribution >= 0.6 is 0 Å². The Balaban J connectivity index is 4.86. The van der Waals surface area contributed by atoms with Gasteiger partial charge in [-0.2, -0.15) is 0 Å². The highest BCUT2D eigenvalue weighted by Crippen LogP contribution is 2.31. The van der Waals surface area contributed by atoms with Gasteiger partial charge < -0.3 is 14.9 Å². The summed E-state index contributed by atoms with van der Waals surface area (Å²) in [6.45, 7) is 5.71. The van der Waals surface area contributed by atoms with E-state index in [1.165, 1.54) is 7.11 Å². The number of aliphatic carboxylic acids is 1. The summed E-state index contributed by atoms with van der Waals surface area (Å²) in [6.07, 6.45) is 2.21. The molecule has 0 amide bonds. The number of carbonyl (C=O) groups is 1. The maximum Gasteiger partial charge on any atom is 0.309 e. The van der Waals surface area contributed by atoms with Gasteiger partial charge in [0.25, 0.3) is 0 Å². The lowest BCUT2D eigenvalue weighted by Crippen LogP contribution is -2.50. The summed E-state index contributed by atoms with van der Waals surface area (Å²) in [6, 6.07) is 0. The number of rotatable bonds is 8. The number of carboxylic acids is 1. The minimum absolute atomic E-state index is 0.0609. The van der Waals surface area contributed by atoms with Crippen LogP contribution < -0.4 is 0 Å². The molecule has 0 saturated heterocycles. The average molecular weight is 232 g/mol. The number of ether oxygens (including phenoxy) is 1. The van der Waals surface area contributed by atoms with E-state index in [1.54, 1.807) is 0 Å². The van der Waals surface area contributed by atoms with Crippen molar-refractivity contribution in [2.45, 2.75) is 45.6 Å². The van der Waals surface area contributed by atoms with Crippen LogP contribution in [0.5, 0.6) is 0 Å². The standard InChI is InChI=1S/C12H24O4/c1-5-6-7-10(11(13)14)12(15,8-16-4)9(2)3/h9-10,15H,5-8H2,1-4H3,(H,13,14). The van der Waals surface area contributed by atoms with E-state index < -0.39 is 17.5 Å². The zero-order valence-corrected chi connectivity index (χ0v) is 10.7. The van der Waals surface area contributed by atoms with E-state index in [9.17, 15) is 15.0 Å². The minimum Gasteiger partial charge on any atom is -0.481 e. The van der Waals surface area contributed by atoms with Gasteiger partial charge in [-0.15, -0.1) is 0 Å². The Kier molecular flexibility index (Phi) is 6.60. The molecule has 0 aliphatic carbocycles. The maximum atomic E-state index is 11.2. The van der Waals surface area contributed by atoms with Gasteiger partial charge in [0.05, 0.1) is 12.5 Å². The molecule has 0 fully saturated rings. The van der Waals surface area contributed by atoms with E-state index in [0.717, 1.165) is 12.8 Å². The molecule has 0 bridgehead atoms. The number of unbranched alkanes of at least 4 members (excludes halogenated alkanes) is 1. The quantitative estimate of drug-likeness (QED) is 0.671. The Morgan fingerprint density at radius 1 is 1.44 bits per heavy atom. The summed E-state index contributed by atoms with van der Waals surface area (Å²) in [5.74, 6) is -1.85. The minimum atomic E-state index is -1.28. The van der Waals surface area contributed by atoms with E-state index in [-0.39, 0.29) is 12.5 Å². The van der Waals surface area contributed by atoms with Gasteiger partial charge in [0.1, 0.15) is 5.60 Å². The summed E-state index contributed by atoms with van der Waals surface area (Å²) in [5, 5.41) is 19.6. The van der Waals surface area contributed by atoms with E-state index >= 15 is 0 Å². The highest BCUT2D eigenvalue weighted by Gasteiger charge is 2.43. The second-order valence-corrected chi connectivity index (χ2v) is 4.61. The smallest absolute Gasteiger partial charge is 0.309 e. The van der Waals surface area contributed by atoms with Gasteiger partial charge in [0.2, 0.25) is 0 Å². The summed E-state index contributed by atoms with van der Waals surface area (Å²) >= 11 is 0. The third-order valence-corrected chi connectivity index (χ3v) is 3.12. The normalized spacial score (nSPS) is 17.1. The SMILES string of the molecule is CCCCC(C(=O)O)C(O)(COC)C(C)C. The third-order valence-electron chi connectivity index (χ3n) is 3.12. The van der Waals surface area contributed by atoms with Crippen LogP contribution in [0.1, 0.15) is 40.0 Å². The number of hydrogen-bond acceptors (Lipinski definition) is 3. The summed E-state index contributed by atoms with van der Waals surface area (Å²) in [5.41, 5.74) is -1.28. The van der Waals surface area contributed by atoms with Crippen molar-refractivity contribution in [3.8, 4) is 0 Å². The molecule has 96 valence electrons. The molecule has 4 heteroatoms. The molecule has 0 heterocycles. The van der Waals surface area contributed by atoms with Crippen LogP contribution in [0.2, 0.25) is 0 Å². The Morgan fingerprint density at radius 3 is 2.31 bits per heavy atom. The van der Waals surface area contributed by atoms with Crippen molar-refractivity contribution < 1.29 is 19.7 Å². The lowest BCUT2D eigenvalue weighted by atomic mass is 9.76. The van der Waals surface area contributed by atoms with Crippen LogP contribution in [-0.2, 0) is 9.53 Å². The van der Waals surface area contributed by atoms with Crippen LogP contribution in [0.25, 0.3) is 0 Å². The molecule has 0 aliphatic heterocycles. The van der Waals surface area contributed by atoms with Crippen LogP contribution in [0.15, 0.2) is 0 Å². The predicted molar refractivity (Wildman–Crippen MR) is 62.3 cm³/mol. The second-order valence-electron chi connectivity index (χ2n) is 4.61. The number of methoxy groups -OCH3 is 1. The van der Waals surface area contributed by atoms with Gasteiger partial charge in [-0.1, -0.05) is 33.6 Å². The van der Waals surface area contributed by atoms with Gasteiger partial charge in [-0.3, -0.25) is 4.79 Å². The van der Waals surface area contributed by atoms with Crippen molar-refractivity contribution in [1.82, 2.24) is 0 Å². The average Bonchev–Trinajstić information content (AvgIpc) is 2.17. The molecule has 2 N–H and O–H groups in total. The number of carboxylic acid groups (broad SMARTS) is 1. The fourth-order valence-electron chi connectivity index (χ4n) is 1.90. The topological polar surface area (TPSA) is 66.8 Å². The fourth-order valence-corrected chi connectivity index (χ4v) is 1.90. The van der Waals surface area contributed by atoms with Crippen molar-refractivity contribution in [2.75, 3.05) is 13.7 Å². The summed E-state index contributed by atoms with van der Waals surface area (Å²) < 4.78 is 4.97. The molecule has 4 nitrogen and oxygen atoms in total. The molecule has 16 heavy (non-hydrogen) atoms. The molecule has 0 aromatic rings. The molecule has 2 unspecified atom stereocenters. The van der Waals surface area contributed by atoms with Crippen LogP contribution in [0, 0.1) is 11.8 Å². The molecule has 0 spiro atoms. The summed E-state index contributed by atoms with van der Waals surface area (Å²) in [4.78, 5) is 11.2. The van der Waals surface area contributed by atoms with Gasteiger partial charge in [-0.05, 0) is 12.3 Å². The fraction of sp³-hybridized carbons (Fsp3) is 0.917. The Morgan fingerprint density at radius 2 is 2.00 bits per heavy atom. The first kappa shape index (κ1) is 15.4. The molecule has 0 aromatic carbocycles. The molecule has 0 rings (SSSR count). The van der Waals surface area contributed by atoms with E-state index in [1.807, 2.05) is 20.8 Å². The van der Waals surface area contributed by atoms with Crippen molar-refractivity contribution in [2.24, 2.45) is 11.8 Å². The van der Waals surface area contributed by atoms with Gasteiger partial charge in [-0.25, -0.2) is 0 Å². The Hall–Kier alpha value is -0.610. The molecular formula is C12H24O4. The highest BCUT2D eigenvalue weighted by molar-refractivity contribution is 5.71. The van der Waals surface area contributed by atoms with E-state index in [2.05, 4.69) is 0 Å². The molecule has 0 saturated carbocycles. The third kappa shape index (κ3) is 3.76. The summed E-state index contributed by atoms with van der Waals surface area (Å²) in [7, 11) is 1.48. The highest BCUT2D eigenvalue weighted by atomic mass is 16.5. The van der Waals surface area contributed by atoms with Crippen molar-refractivity contribution in [1.29, 1.82) is 0 Å². The van der Waals surface area contributed by atoms with Crippen LogP contribution in [-0.4, -0.2) is 35.5 Å². The lowest BCUT2D eigenvalue weighted by molar-refractivity contribution is -0.164. The van der Waals surface area contributed by atoms with Crippen LogP contribution in [0.3, 0.4) is 0 Å².